The van der Waals surface area contributed by atoms with Gasteiger partial charge in [0.15, 0.2) is 0 Å². The largest absolute Gasteiger partial charge is 0.469 e. The molecule has 0 aliphatic carbocycles. The minimum absolute atomic E-state index is 0.196. The van der Waals surface area contributed by atoms with Crippen LogP contribution in [0.2, 0.25) is 0 Å². The van der Waals surface area contributed by atoms with Gasteiger partial charge in [0, 0.05) is 12.0 Å². The Balaban J connectivity index is 1.99. The number of carbonyl (C=O) groups excluding carboxylic acids is 1. The standard InChI is InChI=1S/C18H20FNO2/c1-22-17(21)8-4-5-13-9-11-14(12-10-13)18(20)15-6-2-3-7-16(15)19/h2-3,6-7,9-12,18H,4-5,8,20H2,1H3. The van der Waals surface area contributed by atoms with Crippen LogP contribution in [0.5, 0.6) is 0 Å². The van der Waals surface area contributed by atoms with E-state index >= 15 is 0 Å². The van der Waals surface area contributed by atoms with E-state index in [-0.39, 0.29) is 11.8 Å². The Labute approximate surface area is 129 Å². The van der Waals surface area contributed by atoms with Crippen molar-refractivity contribution in [2.45, 2.75) is 25.3 Å². The molecule has 0 radical (unpaired) electrons. The fourth-order valence-electron chi connectivity index (χ4n) is 2.34. The van der Waals surface area contributed by atoms with Crippen molar-refractivity contribution in [1.82, 2.24) is 0 Å². The summed E-state index contributed by atoms with van der Waals surface area (Å²) in [6.07, 6.45) is 1.95. The van der Waals surface area contributed by atoms with E-state index in [1.807, 2.05) is 24.3 Å². The highest BCUT2D eigenvalue weighted by atomic mass is 19.1. The Morgan fingerprint density at radius 3 is 2.50 bits per heavy atom. The molecular weight excluding hydrogens is 281 g/mol. The van der Waals surface area contributed by atoms with Gasteiger partial charge in [-0.25, -0.2) is 4.39 Å². The van der Waals surface area contributed by atoms with Crippen LogP contribution in [0.4, 0.5) is 4.39 Å². The van der Waals surface area contributed by atoms with Gasteiger partial charge in [0.05, 0.1) is 13.2 Å². The molecule has 3 nitrogen and oxygen atoms in total. The molecule has 2 N–H and O–H groups in total. The molecule has 0 heterocycles. The lowest BCUT2D eigenvalue weighted by molar-refractivity contribution is -0.140. The van der Waals surface area contributed by atoms with Crippen LogP contribution >= 0.6 is 0 Å². The predicted octanol–water partition coefficient (Wildman–Crippen LogP) is 3.37. The monoisotopic (exact) mass is 301 g/mol. The number of rotatable bonds is 6. The van der Waals surface area contributed by atoms with Crippen LogP contribution in [0.3, 0.4) is 0 Å². The molecule has 0 saturated carbocycles. The highest BCUT2D eigenvalue weighted by Gasteiger charge is 2.12. The van der Waals surface area contributed by atoms with E-state index in [4.69, 9.17) is 5.73 Å². The zero-order chi connectivity index (χ0) is 15.9. The first-order valence-electron chi connectivity index (χ1n) is 7.27. The third-order valence-corrected chi connectivity index (χ3v) is 3.65. The van der Waals surface area contributed by atoms with E-state index in [0.29, 0.717) is 12.0 Å². The Morgan fingerprint density at radius 1 is 1.18 bits per heavy atom. The number of aryl methyl sites for hydroxylation is 1. The average Bonchev–Trinajstić information content (AvgIpc) is 2.55. The average molecular weight is 301 g/mol. The topological polar surface area (TPSA) is 52.3 Å². The zero-order valence-electron chi connectivity index (χ0n) is 12.6. The molecule has 2 rings (SSSR count). The van der Waals surface area contributed by atoms with Crippen molar-refractivity contribution in [2.24, 2.45) is 5.73 Å². The Hall–Kier alpha value is -2.20. The lowest BCUT2D eigenvalue weighted by atomic mass is 9.97. The molecule has 0 aliphatic rings. The van der Waals surface area contributed by atoms with Crippen LogP contribution in [0.1, 0.15) is 35.6 Å². The summed E-state index contributed by atoms with van der Waals surface area (Å²) >= 11 is 0. The number of benzene rings is 2. The molecule has 22 heavy (non-hydrogen) atoms. The van der Waals surface area contributed by atoms with Gasteiger partial charge in [-0.2, -0.15) is 0 Å². The number of esters is 1. The number of halogens is 1. The number of ether oxygens (including phenoxy) is 1. The van der Waals surface area contributed by atoms with Crippen molar-refractivity contribution in [3.8, 4) is 0 Å². The predicted molar refractivity (Wildman–Crippen MR) is 83.8 cm³/mol. The quantitative estimate of drug-likeness (QED) is 0.832. The van der Waals surface area contributed by atoms with Gasteiger partial charge in [0.25, 0.3) is 0 Å². The van der Waals surface area contributed by atoms with E-state index in [9.17, 15) is 9.18 Å². The van der Waals surface area contributed by atoms with Crippen molar-refractivity contribution < 1.29 is 13.9 Å². The molecular formula is C18H20FNO2. The first-order valence-corrected chi connectivity index (χ1v) is 7.27. The SMILES string of the molecule is COC(=O)CCCc1ccc(C(N)c2ccccc2F)cc1. The van der Waals surface area contributed by atoms with E-state index in [1.165, 1.54) is 13.2 Å². The van der Waals surface area contributed by atoms with Gasteiger partial charge < -0.3 is 10.5 Å². The zero-order valence-corrected chi connectivity index (χ0v) is 12.6. The van der Waals surface area contributed by atoms with Gasteiger partial charge in [0.1, 0.15) is 5.82 Å². The van der Waals surface area contributed by atoms with Crippen LogP contribution in [0.25, 0.3) is 0 Å². The van der Waals surface area contributed by atoms with E-state index in [2.05, 4.69) is 4.74 Å². The third-order valence-electron chi connectivity index (χ3n) is 3.65. The van der Waals surface area contributed by atoms with Crippen molar-refractivity contribution in [3.63, 3.8) is 0 Å². The molecule has 0 spiro atoms. The van der Waals surface area contributed by atoms with Gasteiger partial charge in [0.2, 0.25) is 0 Å². The lowest BCUT2D eigenvalue weighted by Crippen LogP contribution is -2.13. The van der Waals surface area contributed by atoms with E-state index in [0.717, 1.165) is 24.0 Å². The number of methoxy groups -OCH3 is 1. The van der Waals surface area contributed by atoms with E-state index in [1.54, 1.807) is 18.2 Å². The molecule has 0 saturated heterocycles. The molecule has 0 amide bonds. The van der Waals surface area contributed by atoms with Crippen molar-refractivity contribution in [2.75, 3.05) is 7.11 Å². The molecule has 116 valence electrons. The molecule has 2 aromatic carbocycles. The fourth-order valence-corrected chi connectivity index (χ4v) is 2.34. The van der Waals surface area contributed by atoms with E-state index < -0.39 is 6.04 Å². The van der Waals surface area contributed by atoms with Crippen molar-refractivity contribution in [1.29, 1.82) is 0 Å². The van der Waals surface area contributed by atoms with Gasteiger partial charge in [-0.05, 0) is 30.0 Å². The van der Waals surface area contributed by atoms with Crippen LogP contribution in [-0.2, 0) is 16.0 Å². The van der Waals surface area contributed by atoms with Crippen LogP contribution < -0.4 is 5.73 Å². The summed E-state index contributed by atoms with van der Waals surface area (Å²) in [5.41, 5.74) is 8.59. The second-order valence-corrected chi connectivity index (χ2v) is 5.17. The van der Waals surface area contributed by atoms with Crippen LogP contribution in [0.15, 0.2) is 48.5 Å². The molecule has 1 atom stereocenters. The fraction of sp³-hybridized carbons (Fsp3) is 0.278. The highest BCUT2D eigenvalue weighted by molar-refractivity contribution is 5.69. The minimum atomic E-state index is -0.481. The Morgan fingerprint density at radius 2 is 1.86 bits per heavy atom. The molecule has 0 bridgehead atoms. The maximum Gasteiger partial charge on any atom is 0.305 e. The Kier molecular flexibility index (Phi) is 5.67. The summed E-state index contributed by atoms with van der Waals surface area (Å²) in [6.45, 7) is 0. The summed E-state index contributed by atoms with van der Waals surface area (Å²) in [6, 6.07) is 13.8. The molecule has 1 unspecified atom stereocenters. The maximum atomic E-state index is 13.8. The molecule has 2 aromatic rings. The lowest BCUT2D eigenvalue weighted by Gasteiger charge is -2.14. The second-order valence-electron chi connectivity index (χ2n) is 5.17. The summed E-state index contributed by atoms with van der Waals surface area (Å²) < 4.78 is 18.4. The first-order chi connectivity index (χ1) is 10.6. The van der Waals surface area contributed by atoms with Crippen LogP contribution in [-0.4, -0.2) is 13.1 Å². The van der Waals surface area contributed by atoms with Crippen molar-refractivity contribution >= 4 is 5.97 Å². The number of hydrogen-bond donors (Lipinski definition) is 1. The van der Waals surface area contributed by atoms with Crippen LogP contribution in [0, 0.1) is 5.82 Å². The smallest absolute Gasteiger partial charge is 0.305 e. The number of hydrogen-bond acceptors (Lipinski definition) is 3. The van der Waals surface area contributed by atoms with Crippen molar-refractivity contribution in [3.05, 3.63) is 71.0 Å². The summed E-state index contributed by atoms with van der Waals surface area (Å²) in [7, 11) is 1.39. The van der Waals surface area contributed by atoms with Gasteiger partial charge in [-0.1, -0.05) is 42.5 Å². The summed E-state index contributed by atoms with van der Waals surface area (Å²) in [5.74, 6) is -0.490. The number of nitrogens with two attached hydrogens (primary N) is 1. The normalized spacial score (nSPS) is 12.0. The number of carbonyl (C=O) groups is 1. The highest BCUT2D eigenvalue weighted by Crippen LogP contribution is 2.22. The maximum absolute atomic E-state index is 13.8. The molecule has 4 heteroatoms. The van der Waals surface area contributed by atoms with Gasteiger partial charge >= 0.3 is 5.97 Å². The van der Waals surface area contributed by atoms with Gasteiger partial charge in [-0.3, -0.25) is 4.79 Å². The summed E-state index contributed by atoms with van der Waals surface area (Å²) in [5, 5.41) is 0. The molecule has 0 aromatic heterocycles. The summed E-state index contributed by atoms with van der Waals surface area (Å²) in [4.78, 5) is 11.1. The minimum Gasteiger partial charge on any atom is -0.469 e. The first kappa shape index (κ1) is 16.2. The Bertz CT molecular complexity index is 625. The molecule has 0 aliphatic heterocycles. The third kappa shape index (κ3) is 4.15. The van der Waals surface area contributed by atoms with Gasteiger partial charge in [-0.15, -0.1) is 0 Å². The molecule has 0 fully saturated rings. The second kappa shape index (κ2) is 7.71.